The van der Waals surface area contributed by atoms with Gasteiger partial charge in [-0.15, -0.1) is 0 Å². The fourth-order valence-corrected chi connectivity index (χ4v) is 3.78. The Kier molecular flexibility index (Phi) is 4.17. The summed E-state index contributed by atoms with van der Waals surface area (Å²) in [6.45, 7) is 1.77. The van der Waals surface area contributed by atoms with Gasteiger partial charge in [-0.05, 0) is 6.92 Å². The normalized spacial score (nSPS) is 12.5. The summed E-state index contributed by atoms with van der Waals surface area (Å²) in [6.07, 6.45) is 9.93. The molecule has 0 fully saturated rings. The minimum atomic E-state index is -0.607. The zero-order chi connectivity index (χ0) is 20.8. The number of hydrogen-bond acceptors (Lipinski definition) is 6. The highest BCUT2D eigenvalue weighted by atomic mass is 35.5. The Morgan fingerprint density at radius 3 is 2.83 bits per heavy atom. The van der Waals surface area contributed by atoms with Crippen molar-refractivity contribution in [2.24, 2.45) is 0 Å². The minimum Gasteiger partial charge on any atom is -0.312 e. The molecular formula is C18H13ClFN9O. The Labute approximate surface area is 172 Å². The van der Waals surface area contributed by atoms with Gasteiger partial charge in [0.05, 0.1) is 53.3 Å². The number of aromatic amines is 1. The zero-order valence-electron chi connectivity index (χ0n) is 15.4. The average Bonchev–Trinajstić information content (AvgIpc) is 3.48. The van der Waals surface area contributed by atoms with Gasteiger partial charge >= 0.3 is 0 Å². The van der Waals surface area contributed by atoms with Gasteiger partial charge in [-0.25, -0.2) is 9.37 Å². The lowest BCUT2D eigenvalue weighted by molar-refractivity contribution is -0.105. The SMILES string of the molecule is CC(c1c(F)c(Cl)c(-c2cn3cc(NC=O)nc3cn2)c2cn[nH]c12)n1nccn1. The van der Waals surface area contributed by atoms with Crippen LogP contribution in [0.3, 0.4) is 0 Å². The van der Waals surface area contributed by atoms with Gasteiger partial charge < -0.3 is 9.72 Å². The molecule has 0 saturated carbocycles. The van der Waals surface area contributed by atoms with Gasteiger partial charge in [0.15, 0.2) is 11.5 Å². The largest absolute Gasteiger partial charge is 0.312 e. The van der Waals surface area contributed by atoms with Crippen molar-refractivity contribution in [1.29, 1.82) is 0 Å². The van der Waals surface area contributed by atoms with Gasteiger partial charge in [-0.1, -0.05) is 11.6 Å². The fourth-order valence-electron chi connectivity index (χ4n) is 3.48. The Bertz CT molecular complexity index is 1390. The summed E-state index contributed by atoms with van der Waals surface area (Å²) in [5.74, 6) is -0.241. The van der Waals surface area contributed by atoms with Crippen molar-refractivity contribution >= 4 is 40.4 Å². The van der Waals surface area contributed by atoms with Crippen molar-refractivity contribution in [3.8, 4) is 11.3 Å². The molecule has 150 valence electrons. The molecule has 30 heavy (non-hydrogen) atoms. The molecular weight excluding hydrogens is 413 g/mol. The first kappa shape index (κ1) is 18.2. The molecule has 0 saturated heterocycles. The Morgan fingerprint density at radius 1 is 1.27 bits per heavy atom. The number of carbonyl (C=O) groups is 1. The molecule has 0 aliphatic carbocycles. The zero-order valence-corrected chi connectivity index (χ0v) is 16.2. The maximum atomic E-state index is 15.5. The molecule has 0 radical (unpaired) electrons. The summed E-state index contributed by atoms with van der Waals surface area (Å²) in [5.41, 5.74) is 2.10. The third-order valence-corrected chi connectivity index (χ3v) is 5.19. The van der Waals surface area contributed by atoms with Crippen LogP contribution in [-0.4, -0.2) is 46.0 Å². The van der Waals surface area contributed by atoms with Crippen molar-refractivity contribution in [2.45, 2.75) is 13.0 Å². The summed E-state index contributed by atoms with van der Waals surface area (Å²) in [6, 6.07) is -0.518. The first-order valence-corrected chi connectivity index (χ1v) is 9.21. The van der Waals surface area contributed by atoms with Crippen LogP contribution < -0.4 is 5.32 Å². The van der Waals surface area contributed by atoms with E-state index in [1.54, 1.807) is 29.9 Å². The fraction of sp³-hybridized carbons (Fsp3) is 0.111. The number of fused-ring (bicyclic) bond motifs is 2. The third kappa shape index (κ3) is 2.70. The summed E-state index contributed by atoms with van der Waals surface area (Å²) in [7, 11) is 0. The van der Waals surface area contributed by atoms with E-state index in [0.29, 0.717) is 45.6 Å². The molecule has 2 N–H and O–H groups in total. The van der Waals surface area contributed by atoms with Gasteiger partial charge in [-0.2, -0.15) is 20.1 Å². The predicted molar refractivity (Wildman–Crippen MR) is 107 cm³/mol. The highest BCUT2D eigenvalue weighted by Crippen LogP contribution is 2.40. The quantitative estimate of drug-likeness (QED) is 0.418. The molecule has 10 nitrogen and oxygen atoms in total. The average molecular weight is 426 g/mol. The Hall–Kier alpha value is -3.86. The molecule has 0 aliphatic heterocycles. The summed E-state index contributed by atoms with van der Waals surface area (Å²) >= 11 is 6.49. The smallest absolute Gasteiger partial charge is 0.212 e. The van der Waals surface area contributed by atoms with Crippen LogP contribution in [-0.2, 0) is 4.79 Å². The number of nitrogens with zero attached hydrogens (tertiary/aromatic N) is 7. The number of nitrogens with one attached hydrogen (secondary N) is 2. The number of halogens is 2. The van der Waals surface area contributed by atoms with Crippen LogP contribution in [0, 0.1) is 5.82 Å². The molecule has 5 rings (SSSR count). The van der Waals surface area contributed by atoms with E-state index in [4.69, 9.17) is 11.6 Å². The number of rotatable bonds is 5. The van der Waals surface area contributed by atoms with Gasteiger partial charge in [0.25, 0.3) is 0 Å². The number of benzene rings is 1. The standard InChI is InChI=1S/C18H13ClFN9O/c1-9(29-24-2-3-25-29)14-17(20)16(19)15(10-4-23-27-18(10)14)11-6-28-7-12(22-8-30)26-13(28)5-21-11/h2-9H,1H3,(H,22,30)(H,23,27). The second kappa shape index (κ2) is 6.88. The monoisotopic (exact) mass is 425 g/mol. The lowest BCUT2D eigenvalue weighted by Gasteiger charge is -2.16. The number of amides is 1. The number of aromatic nitrogens is 8. The highest BCUT2D eigenvalue weighted by Gasteiger charge is 2.26. The maximum Gasteiger partial charge on any atom is 0.212 e. The molecule has 5 aromatic rings. The van der Waals surface area contributed by atoms with Gasteiger partial charge in [-0.3, -0.25) is 14.9 Å². The van der Waals surface area contributed by atoms with Crippen LogP contribution >= 0.6 is 11.6 Å². The number of anilines is 1. The molecule has 0 aliphatic rings. The number of imidazole rings is 1. The van der Waals surface area contributed by atoms with Gasteiger partial charge in [0, 0.05) is 22.7 Å². The van der Waals surface area contributed by atoms with Gasteiger partial charge in [0.2, 0.25) is 6.41 Å². The topological polar surface area (TPSA) is 119 Å². The number of H-pyrrole nitrogens is 1. The minimum absolute atomic E-state index is 0.0869. The van der Waals surface area contributed by atoms with Crippen molar-refractivity contribution in [1.82, 2.24) is 39.6 Å². The van der Waals surface area contributed by atoms with Crippen LogP contribution in [0.15, 0.2) is 37.2 Å². The van der Waals surface area contributed by atoms with Crippen LogP contribution in [0.5, 0.6) is 0 Å². The van der Waals surface area contributed by atoms with Crippen LogP contribution in [0.4, 0.5) is 10.2 Å². The first-order chi connectivity index (χ1) is 14.6. The predicted octanol–water partition coefficient (Wildman–Crippen LogP) is 2.83. The second-order valence-electron chi connectivity index (χ2n) is 6.53. The highest BCUT2D eigenvalue weighted by molar-refractivity contribution is 6.35. The van der Waals surface area contributed by atoms with E-state index in [1.807, 2.05) is 0 Å². The van der Waals surface area contributed by atoms with E-state index in [2.05, 4.69) is 35.7 Å². The van der Waals surface area contributed by atoms with Crippen molar-refractivity contribution in [3.05, 3.63) is 53.6 Å². The summed E-state index contributed by atoms with van der Waals surface area (Å²) in [4.78, 5) is 20.6. The Balaban J connectivity index is 1.72. The van der Waals surface area contributed by atoms with E-state index in [9.17, 15) is 4.79 Å². The second-order valence-corrected chi connectivity index (χ2v) is 6.91. The molecule has 12 heteroatoms. The van der Waals surface area contributed by atoms with Crippen LogP contribution in [0.1, 0.15) is 18.5 Å². The third-order valence-electron chi connectivity index (χ3n) is 4.83. The maximum absolute atomic E-state index is 15.5. The molecule has 4 aromatic heterocycles. The Morgan fingerprint density at radius 2 is 2.07 bits per heavy atom. The van der Waals surface area contributed by atoms with E-state index in [-0.39, 0.29) is 5.02 Å². The lowest BCUT2D eigenvalue weighted by atomic mass is 9.99. The molecule has 4 heterocycles. The molecule has 1 atom stereocenters. The van der Waals surface area contributed by atoms with Crippen LogP contribution in [0.25, 0.3) is 27.8 Å². The lowest BCUT2D eigenvalue weighted by Crippen LogP contribution is -2.13. The van der Waals surface area contributed by atoms with Crippen molar-refractivity contribution in [2.75, 3.05) is 5.32 Å². The van der Waals surface area contributed by atoms with E-state index in [0.717, 1.165) is 0 Å². The number of carbonyl (C=O) groups excluding carboxylic acids is 1. The van der Waals surface area contributed by atoms with Crippen LogP contribution in [0.2, 0.25) is 5.02 Å². The molecule has 0 bridgehead atoms. The van der Waals surface area contributed by atoms with Crippen molar-refractivity contribution in [3.63, 3.8) is 0 Å². The summed E-state index contributed by atoms with van der Waals surface area (Å²) in [5, 5.41) is 18.1. The van der Waals surface area contributed by atoms with Gasteiger partial charge in [0.1, 0.15) is 5.82 Å². The molecule has 1 unspecified atom stereocenters. The summed E-state index contributed by atoms with van der Waals surface area (Å²) < 4.78 is 17.1. The molecule has 1 aromatic carbocycles. The van der Waals surface area contributed by atoms with Crippen molar-refractivity contribution < 1.29 is 9.18 Å². The molecule has 1 amide bonds. The molecule has 0 spiro atoms. The first-order valence-electron chi connectivity index (χ1n) is 8.83. The van der Waals surface area contributed by atoms with E-state index in [1.165, 1.54) is 23.4 Å². The number of hydrogen-bond donors (Lipinski definition) is 2. The van der Waals surface area contributed by atoms with E-state index < -0.39 is 11.9 Å². The van der Waals surface area contributed by atoms with E-state index >= 15 is 4.39 Å².